The van der Waals surface area contributed by atoms with Crippen molar-refractivity contribution in [3.8, 4) is 0 Å². The Kier molecular flexibility index (Phi) is 4.18. The first-order chi connectivity index (χ1) is 9.38. The minimum Gasteiger partial charge on any atom is -0.385 e. The Morgan fingerprint density at radius 2 is 1.95 bits per heavy atom. The van der Waals surface area contributed by atoms with Crippen LogP contribution in [-0.4, -0.2) is 19.9 Å². The highest BCUT2D eigenvalue weighted by Crippen LogP contribution is 2.24. The Labute approximate surface area is 118 Å². The SMILES string of the molecule is CC(C)Cn1ncnc1CC(C)(O)c1ccc(F)cc1. The number of halogens is 1. The Morgan fingerprint density at radius 3 is 2.55 bits per heavy atom. The minimum absolute atomic E-state index is 0.312. The highest BCUT2D eigenvalue weighted by molar-refractivity contribution is 5.23. The lowest BCUT2D eigenvalue weighted by atomic mass is 9.92. The van der Waals surface area contributed by atoms with E-state index in [0.29, 0.717) is 17.9 Å². The van der Waals surface area contributed by atoms with Gasteiger partial charge in [-0.25, -0.2) is 14.1 Å². The smallest absolute Gasteiger partial charge is 0.138 e. The summed E-state index contributed by atoms with van der Waals surface area (Å²) in [5.41, 5.74) is -0.437. The highest BCUT2D eigenvalue weighted by Gasteiger charge is 2.26. The average Bonchev–Trinajstić information content (AvgIpc) is 2.75. The molecule has 0 amide bonds. The van der Waals surface area contributed by atoms with Gasteiger partial charge in [-0.2, -0.15) is 5.10 Å². The summed E-state index contributed by atoms with van der Waals surface area (Å²) in [6.07, 6.45) is 1.84. The van der Waals surface area contributed by atoms with Gasteiger partial charge in [-0.05, 0) is 30.5 Å². The molecule has 0 fully saturated rings. The van der Waals surface area contributed by atoms with E-state index in [1.165, 1.54) is 18.5 Å². The number of aliphatic hydroxyl groups is 1. The van der Waals surface area contributed by atoms with Crippen LogP contribution >= 0.6 is 0 Å². The third-order valence-electron chi connectivity index (χ3n) is 3.20. The summed E-state index contributed by atoms with van der Waals surface area (Å²) in [7, 11) is 0. The van der Waals surface area contributed by atoms with Gasteiger partial charge in [0.05, 0.1) is 5.60 Å². The normalized spacial score (nSPS) is 14.5. The van der Waals surface area contributed by atoms with Gasteiger partial charge < -0.3 is 5.11 Å². The Hall–Kier alpha value is -1.75. The number of aromatic nitrogens is 3. The van der Waals surface area contributed by atoms with E-state index in [2.05, 4.69) is 23.9 Å². The maximum absolute atomic E-state index is 13.0. The van der Waals surface area contributed by atoms with E-state index in [0.717, 1.165) is 12.4 Å². The molecule has 2 aromatic rings. The van der Waals surface area contributed by atoms with E-state index < -0.39 is 5.60 Å². The van der Waals surface area contributed by atoms with E-state index in [1.54, 1.807) is 19.1 Å². The molecule has 0 radical (unpaired) electrons. The average molecular weight is 277 g/mol. The lowest BCUT2D eigenvalue weighted by Gasteiger charge is -2.23. The largest absolute Gasteiger partial charge is 0.385 e. The molecule has 1 aromatic heterocycles. The number of hydrogen-bond acceptors (Lipinski definition) is 3. The quantitative estimate of drug-likeness (QED) is 0.913. The highest BCUT2D eigenvalue weighted by atomic mass is 19.1. The van der Waals surface area contributed by atoms with Crippen LogP contribution in [0.3, 0.4) is 0 Å². The van der Waals surface area contributed by atoms with Crippen LogP contribution in [0.15, 0.2) is 30.6 Å². The van der Waals surface area contributed by atoms with Crippen LogP contribution in [0, 0.1) is 11.7 Å². The molecule has 0 spiro atoms. The molecule has 2 rings (SSSR count). The molecule has 1 aromatic carbocycles. The maximum Gasteiger partial charge on any atom is 0.138 e. The molecule has 1 atom stereocenters. The summed E-state index contributed by atoms with van der Waals surface area (Å²) >= 11 is 0. The summed E-state index contributed by atoms with van der Waals surface area (Å²) in [5.74, 6) is 0.867. The van der Waals surface area contributed by atoms with E-state index >= 15 is 0 Å². The molecule has 4 nitrogen and oxygen atoms in total. The van der Waals surface area contributed by atoms with Gasteiger partial charge in [0.1, 0.15) is 18.0 Å². The van der Waals surface area contributed by atoms with Gasteiger partial charge in [0.15, 0.2) is 0 Å². The van der Waals surface area contributed by atoms with E-state index in [1.807, 2.05) is 4.68 Å². The van der Waals surface area contributed by atoms with Crippen molar-refractivity contribution in [2.75, 3.05) is 0 Å². The fourth-order valence-electron chi connectivity index (χ4n) is 2.14. The van der Waals surface area contributed by atoms with Crippen molar-refractivity contribution in [3.63, 3.8) is 0 Å². The molecule has 1 heterocycles. The minimum atomic E-state index is -1.10. The standard InChI is InChI=1S/C15H20FN3O/c1-11(2)9-19-14(17-10-18-19)8-15(3,20)12-4-6-13(16)7-5-12/h4-7,10-11,20H,8-9H2,1-3H3. The van der Waals surface area contributed by atoms with Crippen LogP contribution in [0.1, 0.15) is 32.2 Å². The molecule has 1 N–H and O–H groups in total. The molecule has 20 heavy (non-hydrogen) atoms. The number of rotatable bonds is 5. The summed E-state index contributed by atoms with van der Waals surface area (Å²) in [5, 5.41) is 14.8. The van der Waals surface area contributed by atoms with Crippen LogP contribution in [-0.2, 0) is 18.6 Å². The first-order valence-corrected chi connectivity index (χ1v) is 6.73. The second-order valence-corrected chi connectivity index (χ2v) is 5.71. The summed E-state index contributed by atoms with van der Waals surface area (Å²) in [6, 6.07) is 5.89. The van der Waals surface area contributed by atoms with Gasteiger partial charge >= 0.3 is 0 Å². The van der Waals surface area contributed by atoms with Gasteiger partial charge in [-0.15, -0.1) is 0 Å². The molecular formula is C15H20FN3O. The summed E-state index contributed by atoms with van der Waals surface area (Å²) in [4.78, 5) is 4.22. The van der Waals surface area contributed by atoms with Crippen molar-refractivity contribution < 1.29 is 9.50 Å². The first kappa shape index (κ1) is 14.7. The predicted molar refractivity (Wildman–Crippen MR) is 74.5 cm³/mol. The van der Waals surface area contributed by atoms with Crippen molar-refractivity contribution in [3.05, 3.63) is 47.8 Å². The first-order valence-electron chi connectivity index (χ1n) is 6.73. The van der Waals surface area contributed by atoms with Gasteiger partial charge in [0.2, 0.25) is 0 Å². The van der Waals surface area contributed by atoms with Crippen LogP contribution in [0.4, 0.5) is 4.39 Å². The van der Waals surface area contributed by atoms with E-state index in [9.17, 15) is 9.50 Å². The van der Waals surface area contributed by atoms with E-state index in [-0.39, 0.29) is 5.82 Å². The van der Waals surface area contributed by atoms with Gasteiger partial charge in [-0.3, -0.25) is 0 Å². The third-order valence-corrected chi connectivity index (χ3v) is 3.20. The second kappa shape index (κ2) is 5.71. The molecule has 0 bridgehead atoms. The molecule has 1 unspecified atom stereocenters. The second-order valence-electron chi connectivity index (χ2n) is 5.71. The maximum atomic E-state index is 13.0. The zero-order valence-electron chi connectivity index (χ0n) is 12.0. The van der Waals surface area contributed by atoms with E-state index in [4.69, 9.17) is 0 Å². The molecule has 0 saturated carbocycles. The molecule has 5 heteroatoms. The number of benzene rings is 1. The number of hydrogen-bond donors (Lipinski definition) is 1. The third kappa shape index (κ3) is 3.42. The van der Waals surface area contributed by atoms with Gasteiger partial charge in [0.25, 0.3) is 0 Å². The molecule has 0 aliphatic rings. The number of nitrogens with zero attached hydrogens (tertiary/aromatic N) is 3. The molecule has 0 saturated heterocycles. The van der Waals surface area contributed by atoms with Crippen molar-refractivity contribution in [1.82, 2.24) is 14.8 Å². The molecule has 0 aliphatic heterocycles. The molecule has 108 valence electrons. The van der Waals surface area contributed by atoms with Crippen LogP contribution in [0.2, 0.25) is 0 Å². The summed E-state index contributed by atoms with van der Waals surface area (Å²) < 4.78 is 14.8. The monoisotopic (exact) mass is 277 g/mol. The zero-order valence-corrected chi connectivity index (χ0v) is 12.0. The predicted octanol–water partition coefficient (Wildman–Crippen LogP) is 2.52. The van der Waals surface area contributed by atoms with Crippen LogP contribution < -0.4 is 0 Å². The summed E-state index contributed by atoms with van der Waals surface area (Å²) in [6.45, 7) is 6.66. The fraction of sp³-hybridized carbons (Fsp3) is 0.467. The van der Waals surface area contributed by atoms with Crippen molar-refractivity contribution in [2.45, 2.75) is 39.3 Å². The van der Waals surface area contributed by atoms with Crippen molar-refractivity contribution in [2.24, 2.45) is 5.92 Å². The zero-order chi connectivity index (χ0) is 14.8. The molecule has 0 aliphatic carbocycles. The lowest BCUT2D eigenvalue weighted by molar-refractivity contribution is 0.0539. The van der Waals surface area contributed by atoms with Crippen LogP contribution in [0.5, 0.6) is 0 Å². The van der Waals surface area contributed by atoms with Crippen LogP contribution in [0.25, 0.3) is 0 Å². The van der Waals surface area contributed by atoms with Crippen molar-refractivity contribution >= 4 is 0 Å². The van der Waals surface area contributed by atoms with Gasteiger partial charge in [-0.1, -0.05) is 26.0 Å². The Morgan fingerprint density at radius 1 is 1.30 bits per heavy atom. The van der Waals surface area contributed by atoms with Crippen molar-refractivity contribution in [1.29, 1.82) is 0 Å². The van der Waals surface area contributed by atoms with Gasteiger partial charge in [0, 0.05) is 13.0 Å². The lowest BCUT2D eigenvalue weighted by Crippen LogP contribution is -2.27. The fourth-order valence-corrected chi connectivity index (χ4v) is 2.14. The Balaban J connectivity index is 2.19. The molecular weight excluding hydrogens is 257 g/mol. The Bertz CT molecular complexity index is 561. The topological polar surface area (TPSA) is 50.9 Å².